The Balaban J connectivity index is 2.07. The van der Waals surface area contributed by atoms with E-state index in [0.29, 0.717) is 6.04 Å². The van der Waals surface area contributed by atoms with Gasteiger partial charge < -0.3 is 15.2 Å². The minimum absolute atomic E-state index is 0.130. The number of unbranched alkanes of at least 4 members (excludes halogenated alkanes) is 1. The summed E-state index contributed by atoms with van der Waals surface area (Å²) in [5, 5.41) is 13.3. The van der Waals surface area contributed by atoms with Gasteiger partial charge in [-0.15, -0.1) is 0 Å². The zero-order valence-corrected chi connectivity index (χ0v) is 9.87. The molecule has 1 aliphatic rings. The van der Waals surface area contributed by atoms with Crippen LogP contribution in [0.15, 0.2) is 0 Å². The first-order valence-electron chi connectivity index (χ1n) is 6.25. The standard InChI is InChI=1S/C12H25NO2/c1-15-10-6-5-9-13-11-7-3-2-4-8-12(11)14/h11-14H,2-10H2,1H3. The quantitative estimate of drug-likeness (QED) is 0.523. The number of aliphatic hydroxyl groups excluding tert-OH is 1. The molecule has 1 rings (SSSR count). The van der Waals surface area contributed by atoms with Gasteiger partial charge in [-0.2, -0.15) is 0 Å². The highest BCUT2D eigenvalue weighted by Crippen LogP contribution is 2.17. The van der Waals surface area contributed by atoms with Crippen molar-refractivity contribution in [1.82, 2.24) is 5.32 Å². The van der Waals surface area contributed by atoms with Crippen molar-refractivity contribution in [2.45, 2.75) is 57.1 Å². The van der Waals surface area contributed by atoms with Crippen LogP contribution in [-0.4, -0.2) is 37.5 Å². The lowest BCUT2D eigenvalue weighted by molar-refractivity contribution is 0.119. The maximum Gasteiger partial charge on any atom is 0.0693 e. The van der Waals surface area contributed by atoms with Crippen molar-refractivity contribution in [3.05, 3.63) is 0 Å². The Bertz CT molecular complexity index is 153. The average molecular weight is 215 g/mol. The van der Waals surface area contributed by atoms with Crippen molar-refractivity contribution in [2.75, 3.05) is 20.3 Å². The van der Waals surface area contributed by atoms with E-state index in [4.69, 9.17) is 4.74 Å². The number of ether oxygens (including phenoxy) is 1. The molecule has 2 unspecified atom stereocenters. The Morgan fingerprint density at radius 3 is 2.80 bits per heavy atom. The summed E-state index contributed by atoms with van der Waals surface area (Å²) >= 11 is 0. The normalized spacial score (nSPS) is 27.6. The molecular formula is C12H25NO2. The topological polar surface area (TPSA) is 41.5 Å². The molecule has 0 saturated heterocycles. The molecule has 2 atom stereocenters. The lowest BCUT2D eigenvalue weighted by Crippen LogP contribution is -2.39. The van der Waals surface area contributed by atoms with Crippen molar-refractivity contribution in [1.29, 1.82) is 0 Å². The summed E-state index contributed by atoms with van der Waals surface area (Å²) in [4.78, 5) is 0. The van der Waals surface area contributed by atoms with Crippen LogP contribution >= 0.6 is 0 Å². The highest BCUT2D eigenvalue weighted by molar-refractivity contribution is 4.78. The molecular weight excluding hydrogens is 190 g/mol. The molecule has 0 bridgehead atoms. The monoisotopic (exact) mass is 215 g/mol. The lowest BCUT2D eigenvalue weighted by Gasteiger charge is -2.21. The number of hydrogen-bond donors (Lipinski definition) is 2. The number of hydrogen-bond acceptors (Lipinski definition) is 3. The highest BCUT2D eigenvalue weighted by Gasteiger charge is 2.20. The van der Waals surface area contributed by atoms with Crippen molar-refractivity contribution in [2.24, 2.45) is 0 Å². The largest absolute Gasteiger partial charge is 0.392 e. The molecule has 1 fully saturated rings. The van der Waals surface area contributed by atoms with Crippen molar-refractivity contribution in [3.8, 4) is 0 Å². The first kappa shape index (κ1) is 12.9. The molecule has 90 valence electrons. The molecule has 2 N–H and O–H groups in total. The maximum atomic E-state index is 9.86. The van der Waals surface area contributed by atoms with E-state index < -0.39 is 0 Å². The van der Waals surface area contributed by atoms with Crippen molar-refractivity contribution in [3.63, 3.8) is 0 Å². The number of aliphatic hydroxyl groups is 1. The molecule has 15 heavy (non-hydrogen) atoms. The predicted molar refractivity (Wildman–Crippen MR) is 62.0 cm³/mol. The van der Waals surface area contributed by atoms with Crippen LogP contribution in [0.1, 0.15) is 44.9 Å². The van der Waals surface area contributed by atoms with Crippen LogP contribution in [0.2, 0.25) is 0 Å². The van der Waals surface area contributed by atoms with Crippen LogP contribution in [0.3, 0.4) is 0 Å². The number of nitrogens with one attached hydrogen (secondary N) is 1. The Morgan fingerprint density at radius 1 is 1.20 bits per heavy atom. The van der Waals surface area contributed by atoms with E-state index in [2.05, 4.69) is 5.32 Å². The van der Waals surface area contributed by atoms with Gasteiger partial charge in [0.1, 0.15) is 0 Å². The van der Waals surface area contributed by atoms with Crippen molar-refractivity contribution >= 4 is 0 Å². The van der Waals surface area contributed by atoms with Gasteiger partial charge in [-0.1, -0.05) is 19.3 Å². The van der Waals surface area contributed by atoms with E-state index in [0.717, 1.165) is 38.8 Å². The van der Waals surface area contributed by atoms with E-state index >= 15 is 0 Å². The van der Waals surface area contributed by atoms with Crippen LogP contribution in [0, 0.1) is 0 Å². The molecule has 3 heteroatoms. The molecule has 0 aliphatic heterocycles. The molecule has 0 radical (unpaired) electrons. The molecule has 0 amide bonds. The Kier molecular flexibility index (Phi) is 6.98. The van der Waals surface area contributed by atoms with Gasteiger partial charge in [0.2, 0.25) is 0 Å². The summed E-state index contributed by atoms with van der Waals surface area (Å²) in [6.45, 7) is 1.85. The molecule has 0 aromatic rings. The number of rotatable bonds is 6. The molecule has 0 heterocycles. The molecule has 0 aromatic carbocycles. The van der Waals surface area contributed by atoms with Crippen LogP contribution in [0.5, 0.6) is 0 Å². The smallest absolute Gasteiger partial charge is 0.0693 e. The van der Waals surface area contributed by atoms with Crippen LogP contribution < -0.4 is 5.32 Å². The molecule has 1 saturated carbocycles. The first-order valence-corrected chi connectivity index (χ1v) is 6.25. The summed E-state index contributed by atoms with van der Waals surface area (Å²) in [6.07, 6.45) is 7.93. The van der Waals surface area contributed by atoms with E-state index in [1.807, 2.05) is 0 Å². The Labute approximate surface area is 93.2 Å². The maximum absolute atomic E-state index is 9.86. The fourth-order valence-electron chi connectivity index (χ4n) is 2.19. The Morgan fingerprint density at radius 2 is 2.00 bits per heavy atom. The van der Waals surface area contributed by atoms with Crippen molar-refractivity contribution < 1.29 is 9.84 Å². The first-order chi connectivity index (χ1) is 7.34. The summed E-state index contributed by atoms with van der Waals surface area (Å²) < 4.78 is 5.00. The Hall–Kier alpha value is -0.120. The van der Waals surface area contributed by atoms with Gasteiger partial charge in [-0.05, 0) is 32.2 Å². The van der Waals surface area contributed by atoms with Gasteiger partial charge in [0.15, 0.2) is 0 Å². The van der Waals surface area contributed by atoms with E-state index in [9.17, 15) is 5.11 Å². The molecule has 0 aromatic heterocycles. The summed E-state index contributed by atoms with van der Waals surface area (Å²) in [5.41, 5.74) is 0. The van der Waals surface area contributed by atoms with E-state index in [-0.39, 0.29) is 6.10 Å². The van der Waals surface area contributed by atoms with Gasteiger partial charge in [0, 0.05) is 19.8 Å². The summed E-state index contributed by atoms with van der Waals surface area (Å²) in [6, 6.07) is 0.329. The molecule has 3 nitrogen and oxygen atoms in total. The third-order valence-corrected chi connectivity index (χ3v) is 3.16. The van der Waals surface area contributed by atoms with E-state index in [1.165, 1.54) is 19.3 Å². The summed E-state index contributed by atoms with van der Waals surface area (Å²) in [5.74, 6) is 0. The van der Waals surface area contributed by atoms with Gasteiger partial charge in [-0.25, -0.2) is 0 Å². The van der Waals surface area contributed by atoms with Crippen LogP contribution in [0.25, 0.3) is 0 Å². The zero-order chi connectivity index (χ0) is 10.9. The zero-order valence-electron chi connectivity index (χ0n) is 9.87. The molecule has 1 aliphatic carbocycles. The fraction of sp³-hybridized carbons (Fsp3) is 1.00. The highest BCUT2D eigenvalue weighted by atomic mass is 16.5. The SMILES string of the molecule is COCCCCNC1CCCCCC1O. The third kappa shape index (κ3) is 5.50. The minimum atomic E-state index is -0.130. The van der Waals surface area contributed by atoms with Crippen LogP contribution in [0.4, 0.5) is 0 Å². The molecule has 0 spiro atoms. The van der Waals surface area contributed by atoms with Gasteiger partial charge >= 0.3 is 0 Å². The second-order valence-corrected chi connectivity index (χ2v) is 4.47. The predicted octanol–water partition coefficient (Wildman–Crippen LogP) is 1.70. The van der Waals surface area contributed by atoms with Gasteiger partial charge in [0.25, 0.3) is 0 Å². The minimum Gasteiger partial charge on any atom is -0.392 e. The van der Waals surface area contributed by atoms with Crippen LogP contribution in [-0.2, 0) is 4.74 Å². The van der Waals surface area contributed by atoms with Gasteiger partial charge in [-0.3, -0.25) is 0 Å². The van der Waals surface area contributed by atoms with Gasteiger partial charge in [0.05, 0.1) is 6.10 Å². The van der Waals surface area contributed by atoms with E-state index in [1.54, 1.807) is 7.11 Å². The number of methoxy groups -OCH3 is 1. The fourth-order valence-corrected chi connectivity index (χ4v) is 2.19. The second kappa shape index (κ2) is 8.08. The average Bonchev–Trinajstić information content (AvgIpc) is 2.44. The second-order valence-electron chi connectivity index (χ2n) is 4.47. The summed E-state index contributed by atoms with van der Waals surface area (Å²) in [7, 11) is 1.74. The lowest BCUT2D eigenvalue weighted by atomic mass is 10.1. The third-order valence-electron chi connectivity index (χ3n) is 3.16.